The highest BCUT2D eigenvalue weighted by molar-refractivity contribution is 5.92. The number of hydrogen-bond donors (Lipinski definition) is 1. The number of rotatable bonds is 4. The number of ether oxygens (including phenoxy) is 1. The molecular formula is C22H21N7O2. The van der Waals surface area contributed by atoms with Crippen molar-refractivity contribution in [1.29, 1.82) is 0 Å². The molecule has 1 aliphatic heterocycles. The van der Waals surface area contributed by atoms with Crippen LogP contribution in [0.5, 0.6) is 0 Å². The van der Waals surface area contributed by atoms with Gasteiger partial charge in [0.2, 0.25) is 5.91 Å². The second-order valence-corrected chi connectivity index (χ2v) is 7.52. The van der Waals surface area contributed by atoms with E-state index < -0.39 is 5.91 Å². The van der Waals surface area contributed by atoms with E-state index in [2.05, 4.69) is 37.3 Å². The molecule has 0 spiro atoms. The van der Waals surface area contributed by atoms with E-state index >= 15 is 0 Å². The molecule has 0 saturated carbocycles. The molecule has 1 unspecified atom stereocenters. The first kappa shape index (κ1) is 19.1. The fourth-order valence-electron chi connectivity index (χ4n) is 3.76. The topological polar surface area (TPSA) is 112 Å². The maximum atomic E-state index is 11.5. The van der Waals surface area contributed by atoms with E-state index in [4.69, 9.17) is 10.5 Å². The maximum absolute atomic E-state index is 11.5. The Morgan fingerprint density at radius 3 is 2.87 bits per heavy atom. The molecule has 156 valence electrons. The quantitative estimate of drug-likeness (QED) is 0.543. The lowest BCUT2D eigenvalue weighted by atomic mass is 10.1. The molecule has 0 radical (unpaired) electrons. The van der Waals surface area contributed by atoms with Gasteiger partial charge in [-0.15, -0.1) is 5.10 Å². The van der Waals surface area contributed by atoms with Crippen LogP contribution in [-0.4, -0.2) is 50.6 Å². The Labute approximate surface area is 178 Å². The van der Waals surface area contributed by atoms with Crippen molar-refractivity contribution in [2.45, 2.75) is 6.10 Å². The van der Waals surface area contributed by atoms with Crippen LogP contribution in [0.15, 0.2) is 55.0 Å². The normalized spacial score (nSPS) is 16.5. The number of carbonyl (C=O) groups is 1. The molecule has 5 rings (SSSR count). The van der Waals surface area contributed by atoms with Gasteiger partial charge in [-0.1, -0.05) is 17.3 Å². The summed E-state index contributed by atoms with van der Waals surface area (Å²) < 4.78 is 7.60. The van der Waals surface area contributed by atoms with Crippen molar-refractivity contribution in [3.63, 3.8) is 0 Å². The van der Waals surface area contributed by atoms with Crippen LogP contribution in [-0.2, 0) is 11.8 Å². The Morgan fingerprint density at radius 2 is 2.06 bits per heavy atom. The molecular weight excluding hydrogens is 394 g/mol. The van der Waals surface area contributed by atoms with E-state index in [-0.39, 0.29) is 6.10 Å². The van der Waals surface area contributed by atoms with Crippen LogP contribution in [0.4, 0.5) is 5.82 Å². The molecule has 0 aliphatic carbocycles. The predicted octanol–water partition coefficient (Wildman–Crippen LogP) is 2.10. The molecule has 1 aliphatic rings. The van der Waals surface area contributed by atoms with Crippen molar-refractivity contribution in [3.8, 4) is 11.3 Å². The van der Waals surface area contributed by atoms with Gasteiger partial charge in [-0.3, -0.25) is 14.5 Å². The monoisotopic (exact) mass is 415 g/mol. The average molecular weight is 415 g/mol. The van der Waals surface area contributed by atoms with Crippen molar-refractivity contribution in [2.75, 3.05) is 24.6 Å². The van der Waals surface area contributed by atoms with Crippen molar-refractivity contribution in [3.05, 3.63) is 66.2 Å². The number of amides is 1. The van der Waals surface area contributed by atoms with Crippen LogP contribution < -0.4 is 10.6 Å². The van der Waals surface area contributed by atoms with Gasteiger partial charge in [-0.2, -0.15) is 0 Å². The van der Waals surface area contributed by atoms with Gasteiger partial charge in [-0.25, -0.2) is 4.98 Å². The number of fused-ring (bicyclic) bond motifs is 1. The average Bonchev–Trinajstić information content (AvgIpc) is 3.25. The van der Waals surface area contributed by atoms with E-state index in [1.165, 1.54) is 0 Å². The first-order chi connectivity index (χ1) is 15.1. The summed E-state index contributed by atoms with van der Waals surface area (Å²) in [4.78, 5) is 22.7. The zero-order chi connectivity index (χ0) is 21.4. The van der Waals surface area contributed by atoms with Crippen molar-refractivity contribution >= 4 is 22.5 Å². The van der Waals surface area contributed by atoms with Crippen LogP contribution in [0, 0.1) is 0 Å². The molecule has 1 aromatic carbocycles. The van der Waals surface area contributed by atoms with E-state index in [0.29, 0.717) is 31.0 Å². The molecule has 1 saturated heterocycles. The van der Waals surface area contributed by atoms with Gasteiger partial charge in [0, 0.05) is 42.5 Å². The molecule has 4 heterocycles. The Balaban J connectivity index is 1.43. The molecule has 9 nitrogen and oxygen atoms in total. The van der Waals surface area contributed by atoms with Gasteiger partial charge in [0.15, 0.2) is 0 Å². The largest absolute Gasteiger partial charge is 0.368 e. The predicted molar refractivity (Wildman–Crippen MR) is 115 cm³/mol. The van der Waals surface area contributed by atoms with Crippen LogP contribution in [0.2, 0.25) is 0 Å². The van der Waals surface area contributed by atoms with Gasteiger partial charge in [0.25, 0.3) is 0 Å². The zero-order valence-corrected chi connectivity index (χ0v) is 17.0. The lowest BCUT2D eigenvalue weighted by molar-refractivity contribution is 0.0367. The molecule has 3 aromatic heterocycles. The number of pyridine rings is 2. The van der Waals surface area contributed by atoms with Gasteiger partial charge >= 0.3 is 0 Å². The third kappa shape index (κ3) is 3.82. The van der Waals surface area contributed by atoms with Crippen molar-refractivity contribution < 1.29 is 9.53 Å². The molecule has 4 aromatic rings. The third-order valence-corrected chi connectivity index (χ3v) is 5.39. The highest BCUT2D eigenvalue weighted by Crippen LogP contribution is 2.28. The molecule has 1 amide bonds. The Morgan fingerprint density at radius 1 is 1.16 bits per heavy atom. The van der Waals surface area contributed by atoms with Crippen molar-refractivity contribution in [2.24, 2.45) is 12.8 Å². The number of benzene rings is 1. The molecule has 9 heteroatoms. The van der Waals surface area contributed by atoms with E-state index in [1.807, 2.05) is 31.6 Å². The molecule has 2 N–H and O–H groups in total. The number of anilines is 1. The first-order valence-electron chi connectivity index (χ1n) is 9.95. The standard InChI is InChI=1S/C22H21N7O2/c1-28-12-19(26-27-28)14-2-3-16-11-25-21(10-17(16)8-14)29-6-7-31-20(13-29)18-9-15(22(23)30)4-5-24-18/h2-5,8-12,20H,6-7,13H2,1H3,(H2,23,30). The molecule has 1 fully saturated rings. The lowest BCUT2D eigenvalue weighted by Gasteiger charge is -2.33. The minimum Gasteiger partial charge on any atom is -0.368 e. The fraction of sp³-hybridized carbons (Fsp3) is 0.227. The number of aryl methyl sites for hydroxylation is 1. The van der Waals surface area contributed by atoms with Crippen LogP contribution in [0.1, 0.15) is 22.2 Å². The molecule has 1 atom stereocenters. The lowest BCUT2D eigenvalue weighted by Crippen LogP contribution is -2.39. The minimum absolute atomic E-state index is 0.267. The summed E-state index contributed by atoms with van der Waals surface area (Å²) in [7, 11) is 1.85. The minimum atomic E-state index is -0.480. The molecule has 0 bridgehead atoms. The SMILES string of the molecule is Cn1cc(-c2ccc3cnc(N4CCOC(c5cc(C(N)=O)ccn5)C4)cc3c2)nn1. The smallest absolute Gasteiger partial charge is 0.248 e. The summed E-state index contributed by atoms with van der Waals surface area (Å²) in [5, 5.41) is 10.3. The first-order valence-corrected chi connectivity index (χ1v) is 9.95. The van der Waals surface area contributed by atoms with Gasteiger partial charge in [-0.05, 0) is 29.7 Å². The number of nitrogens with zero attached hydrogens (tertiary/aromatic N) is 6. The van der Waals surface area contributed by atoms with Crippen LogP contribution >= 0.6 is 0 Å². The number of morpholine rings is 1. The zero-order valence-electron chi connectivity index (χ0n) is 17.0. The highest BCUT2D eigenvalue weighted by Gasteiger charge is 2.24. The Bertz CT molecular complexity index is 1270. The van der Waals surface area contributed by atoms with E-state index in [0.717, 1.165) is 27.8 Å². The maximum Gasteiger partial charge on any atom is 0.248 e. The van der Waals surface area contributed by atoms with Crippen LogP contribution in [0.3, 0.4) is 0 Å². The Kier molecular flexibility index (Phi) is 4.79. The summed E-state index contributed by atoms with van der Waals surface area (Å²) in [6.45, 7) is 1.83. The van der Waals surface area contributed by atoms with Crippen molar-refractivity contribution in [1.82, 2.24) is 25.0 Å². The van der Waals surface area contributed by atoms with E-state index in [1.54, 1.807) is 23.0 Å². The number of primary amides is 1. The summed E-state index contributed by atoms with van der Waals surface area (Å²) in [5.41, 5.74) is 8.34. The molecule has 31 heavy (non-hydrogen) atoms. The number of aromatic nitrogens is 5. The van der Waals surface area contributed by atoms with Crippen LogP contribution in [0.25, 0.3) is 22.0 Å². The summed E-state index contributed by atoms with van der Waals surface area (Å²) in [5.74, 6) is 0.384. The fourth-order valence-corrected chi connectivity index (χ4v) is 3.76. The number of nitrogens with two attached hydrogens (primary N) is 1. The number of carbonyl (C=O) groups excluding carboxylic acids is 1. The van der Waals surface area contributed by atoms with Gasteiger partial charge in [0.1, 0.15) is 17.6 Å². The van der Waals surface area contributed by atoms with Gasteiger partial charge in [0.05, 0.1) is 25.0 Å². The van der Waals surface area contributed by atoms with Gasteiger partial charge < -0.3 is 15.4 Å². The highest BCUT2D eigenvalue weighted by atomic mass is 16.5. The second kappa shape index (κ2) is 7.77. The summed E-state index contributed by atoms with van der Waals surface area (Å²) >= 11 is 0. The van der Waals surface area contributed by atoms with E-state index in [9.17, 15) is 4.79 Å². The Hall–Kier alpha value is -3.85. The number of hydrogen-bond acceptors (Lipinski definition) is 7. The summed E-state index contributed by atoms with van der Waals surface area (Å²) in [6.07, 6.45) is 5.08. The second-order valence-electron chi connectivity index (χ2n) is 7.52. The summed E-state index contributed by atoms with van der Waals surface area (Å²) in [6, 6.07) is 11.5. The third-order valence-electron chi connectivity index (χ3n) is 5.39.